The van der Waals surface area contributed by atoms with E-state index in [1.165, 1.54) is 12.3 Å². The van der Waals surface area contributed by atoms with Crippen LogP contribution in [0.2, 0.25) is 0 Å². The maximum absolute atomic E-state index is 13.3. The zero-order valence-electron chi connectivity index (χ0n) is 10.1. The first-order chi connectivity index (χ1) is 8.38. The molecule has 1 rings (SSSR count). The zero-order chi connectivity index (χ0) is 13.8. The molecule has 0 aliphatic heterocycles. The van der Waals surface area contributed by atoms with E-state index < -0.39 is 17.1 Å². The first-order valence-electron chi connectivity index (χ1n) is 5.24. The Morgan fingerprint density at radius 3 is 2.89 bits per heavy atom. The Bertz CT molecular complexity index is 474. The highest BCUT2D eigenvalue weighted by Gasteiger charge is 2.25. The van der Waals surface area contributed by atoms with Gasteiger partial charge in [-0.05, 0) is 6.07 Å². The summed E-state index contributed by atoms with van der Waals surface area (Å²) in [7, 11) is 0. The second-order valence-corrected chi connectivity index (χ2v) is 4.41. The summed E-state index contributed by atoms with van der Waals surface area (Å²) in [5.41, 5.74) is 4.64. The average Bonchev–Trinajstić information content (AvgIpc) is 2.35. The van der Waals surface area contributed by atoms with Crippen LogP contribution in [0.1, 0.15) is 24.2 Å². The molecule has 0 radical (unpaired) electrons. The molecule has 7 heteroatoms. The highest BCUT2D eigenvalue weighted by atomic mass is 19.1. The van der Waals surface area contributed by atoms with Gasteiger partial charge in [0.25, 0.3) is 5.91 Å². The Hall–Kier alpha value is -2.18. The number of rotatable bonds is 4. The molecule has 98 valence electrons. The largest absolute Gasteiger partial charge is 0.409 e. The van der Waals surface area contributed by atoms with Crippen molar-refractivity contribution >= 4 is 11.7 Å². The lowest BCUT2D eigenvalue weighted by Gasteiger charge is -2.23. The van der Waals surface area contributed by atoms with Gasteiger partial charge in [0.1, 0.15) is 5.84 Å². The highest BCUT2D eigenvalue weighted by molar-refractivity contribution is 5.95. The van der Waals surface area contributed by atoms with Gasteiger partial charge >= 0.3 is 0 Å². The van der Waals surface area contributed by atoms with Crippen LogP contribution in [-0.4, -0.2) is 28.5 Å². The zero-order valence-corrected chi connectivity index (χ0v) is 10.1. The summed E-state index contributed by atoms with van der Waals surface area (Å²) in [5, 5.41) is 14.0. The fourth-order valence-corrected chi connectivity index (χ4v) is 1.18. The van der Waals surface area contributed by atoms with Gasteiger partial charge in [0.05, 0.1) is 11.8 Å². The summed E-state index contributed by atoms with van der Waals surface area (Å²) in [6.07, 6.45) is 2.29. The molecule has 0 unspecified atom stereocenters. The van der Waals surface area contributed by atoms with Crippen molar-refractivity contribution in [1.29, 1.82) is 0 Å². The summed E-state index contributed by atoms with van der Waals surface area (Å²) >= 11 is 0. The molecule has 0 bridgehead atoms. The van der Waals surface area contributed by atoms with Crippen LogP contribution in [0.5, 0.6) is 0 Å². The van der Waals surface area contributed by atoms with Crippen LogP contribution in [0.3, 0.4) is 0 Å². The van der Waals surface area contributed by atoms with Crippen molar-refractivity contribution < 1.29 is 14.4 Å². The van der Waals surface area contributed by atoms with Gasteiger partial charge in [-0.1, -0.05) is 19.0 Å². The minimum Gasteiger partial charge on any atom is -0.409 e. The number of amides is 1. The molecule has 0 spiro atoms. The predicted octanol–water partition coefficient (Wildman–Crippen LogP) is 0.723. The van der Waals surface area contributed by atoms with Gasteiger partial charge in [0.15, 0.2) is 5.82 Å². The fourth-order valence-electron chi connectivity index (χ4n) is 1.18. The van der Waals surface area contributed by atoms with Crippen molar-refractivity contribution in [3.05, 3.63) is 29.8 Å². The van der Waals surface area contributed by atoms with Gasteiger partial charge in [0, 0.05) is 18.2 Å². The topological polar surface area (TPSA) is 101 Å². The van der Waals surface area contributed by atoms with Gasteiger partial charge in [-0.15, -0.1) is 0 Å². The normalized spacial score (nSPS) is 12.3. The number of nitrogens with zero attached hydrogens (tertiary/aromatic N) is 2. The van der Waals surface area contributed by atoms with E-state index in [1.807, 2.05) is 0 Å². The molecule has 1 aromatic heterocycles. The van der Waals surface area contributed by atoms with Gasteiger partial charge in [-0.25, -0.2) is 4.39 Å². The second kappa shape index (κ2) is 5.44. The second-order valence-electron chi connectivity index (χ2n) is 4.41. The van der Waals surface area contributed by atoms with Crippen LogP contribution in [0.15, 0.2) is 23.6 Å². The highest BCUT2D eigenvalue weighted by Crippen LogP contribution is 2.14. The van der Waals surface area contributed by atoms with Crippen LogP contribution >= 0.6 is 0 Å². The lowest BCUT2D eigenvalue weighted by molar-refractivity contribution is 0.0940. The third-order valence-electron chi connectivity index (χ3n) is 2.51. The van der Waals surface area contributed by atoms with Gasteiger partial charge in [-0.2, -0.15) is 0 Å². The van der Waals surface area contributed by atoms with Crippen LogP contribution in [0, 0.1) is 11.2 Å². The number of pyridine rings is 1. The quantitative estimate of drug-likeness (QED) is 0.319. The van der Waals surface area contributed by atoms with E-state index in [0.717, 1.165) is 6.20 Å². The van der Waals surface area contributed by atoms with Crippen LogP contribution in [0.25, 0.3) is 0 Å². The smallest absolute Gasteiger partial charge is 0.254 e. The monoisotopic (exact) mass is 254 g/mol. The van der Waals surface area contributed by atoms with Gasteiger partial charge < -0.3 is 16.3 Å². The van der Waals surface area contributed by atoms with Crippen LogP contribution in [-0.2, 0) is 0 Å². The Labute approximate surface area is 104 Å². The number of nitrogens with one attached hydrogen (secondary N) is 1. The van der Waals surface area contributed by atoms with Crippen LogP contribution in [0.4, 0.5) is 4.39 Å². The molecule has 0 atom stereocenters. The molecule has 0 aliphatic rings. The molecule has 0 aliphatic carbocycles. The summed E-state index contributed by atoms with van der Waals surface area (Å²) in [6, 6.07) is 1.28. The molecule has 1 amide bonds. The van der Waals surface area contributed by atoms with E-state index in [1.54, 1.807) is 13.8 Å². The standard InChI is InChI=1S/C11H15FN4O2/c1-11(2,10(13)16-18)6-15-9(17)7-3-4-14-5-8(7)12/h3-5,18H,6H2,1-2H3,(H2,13,16)(H,15,17). The summed E-state index contributed by atoms with van der Waals surface area (Å²) in [6.45, 7) is 3.49. The summed E-state index contributed by atoms with van der Waals surface area (Å²) in [5.74, 6) is -1.29. The molecule has 1 aromatic rings. The summed E-state index contributed by atoms with van der Waals surface area (Å²) in [4.78, 5) is 15.3. The number of carbonyl (C=O) groups excluding carboxylic acids is 1. The van der Waals surface area contributed by atoms with Crippen molar-refractivity contribution in [3.63, 3.8) is 0 Å². The lowest BCUT2D eigenvalue weighted by atomic mass is 9.92. The number of aromatic nitrogens is 1. The Morgan fingerprint density at radius 2 is 2.33 bits per heavy atom. The summed E-state index contributed by atoms with van der Waals surface area (Å²) < 4.78 is 13.3. The molecule has 0 saturated carbocycles. The Balaban J connectivity index is 2.71. The first-order valence-corrected chi connectivity index (χ1v) is 5.24. The fraction of sp³-hybridized carbons (Fsp3) is 0.364. The SMILES string of the molecule is CC(C)(CNC(=O)c1ccncc1F)/C(N)=N/O. The first kappa shape index (κ1) is 13.9. The molecule has 18 heavy (non-hydrogen) atoms. The number of hydrogen-bond acceptors (Lipinski definition) is 4. The number of carbonyl (C=O) groups is 1. The third-order valence-corrected chi connectivity index (χ3v) is 2.51. The molecule has 6 nitrogen and oxygen atoms in total. The van der Waals surface area contributed by atoms with Crippen LogP contribution < -0.4 is 11.1 Å². The number of oxime groups is 1. The molecule has 0 saturated heterocycles. The van der Waals surface area contributed by atoms with Crippen molar-refractivity contribution in [2.75, 3.05) is 6.54 Å². The number of amidine groups is 1. The maximum Gasteiger partial charge on any atom is 0.254 e. The lowest BCUT2D eigenvalue weighted by Crippen LogP contribution is -2.42. The average molecular weight is 254 g/mol. The minimum absolute atomic E-state index is 0.0157. The van der Waals surface area contributed by atoms with Crippen molar-refractivity contribution in [2.45, 2.75) is 13.8 Å². The molecule has 1 heterocycles. The Morgan fingerprint density at radius 1 is 1.67 bits per heavy atom. The van der Waals surface area contributed by atoms with Crippen molar-refractivity contribution in [1.82, 2.24) is 10.3 Å². The maximum atomic E-state index is 13.3. The molecular weight excluding hydrogens is 239 g/mol. The van der Waals surface area contributed by atoms with Crippen molar-refractivity contribution in [2.24, 2.45) is 16.3 Å². The van der Waals surface area contributed by atoms with Gasteiger partial charge in [0.2, 0.25) is 0 Å². The molecular formula is C11H15FN4O2. The van der Waals surface area contributed by atoms with Crippen molar-refractivity contribution in [3.8, 4) is 0 Å². The minimum atomic E-state index is -0.728. The number of halogens is 1. The van der Waals surface area contributed by atoms with E-state index in [-0.39, 0.29) is 17.9 Å². The third kappa shape index (κ3) is 3.16. The molecule has 0 aromatic carbocycles. The molecule has 4 N–H and O–H groups in total. The number of hydrogen-bond donors (Lipinski definition) is 3. The van der Waals surface area contributed by atoms with E-state index in [0.29, 0.717) is 0 Å². The van der Waals surface area contributed by atoms with Gasteiger partial charge in [-0.3, -0.25) is 9.78 Å². The predicted molar refractivity (Wildman–Crippen MR) is 63.7 cm³/mol. The molecule has 0 fully saturated rings. The van der Waals surface area contributed by atoms with E-state index in [4.69, 9.17) is 10.9 Å². The van der Waals surface area contributed by atoms with E-state index in [2.05, 4.69) is 15.5 Å². The number of nitrogens with two attached hydrogens (primary N) is 1. The van der Waals surface area contributed by atoms with E-state index in [9.17, 15) is 9.18 Å². The van der Waals surface area contributed by atoms with E-state index >= 15 is 0 Å². The Kier molecular flexibility index (Phi) is 4.19.